The van der Waals surface area contributed by atoms with E-state index in [0.717, 1.165) is 0 Å². The molecule has 1 aliphatic rings. The van der Waals surface area contributed by atoms with Gasteiger partial charge in [0.25, 0.3) is 5.91 Å². The fourth-order valence-electron chi connectivity index (χ4n) is 3.79. The number of nitrogens with two attached hydrogens (primary N) is 1. The van der Waals surface area contributed by atoms with E-state index in [1.54, 1.807) is 17.0 Å². The van der Waals surface area contributed by atoms with E-state index >= 15 is 0 Å². The highest BCUT2D eigenvalue weighted by Gasteiger charge is 2.35. The Hall–Kier alpha value is -3.83. The number of carbonyl (C=O) groups excluding carboxylic acids is 1. The van der Waals surface area contributed by atoms with Gasteiger partial charge in [-0.15, -0.1) is 0 Å². The summed E-state index contributed by atoms with van der Waals surface area (Å²) in [5.41, 5.74) is 5.88. The SMILES string of the molecule is CNc1nc(Nc2cc(OC)c(C(=O)N3CCOCC3)cc2Br)ncc1C(F)(F)F.COc1cc(N)c(Br)cc1C(=O)O. The van der Waals surface area contributed by atoms with Crippen LogP contribution in [0.15, 0.2) is 39.4 Å². The Morgan fingerprint density at radius 1 is 1.05 bits per heavy atom. The molecule has 2 aromatic carbocycles. The number of nitrogens with zero attached hydrogens (tertiary/aromatic N) is 3. The lowest BCUT2D eigenvalue weighted by atomic mass is 10.1. The first-order chi connectivity index (χ1) is 20.3. The Morgan fingerprint density at radius 2 is 1.65 bits per heavy atom. The smallest absolute Gasteiger partial charge is 0.421 e. The highest BCUT2D eigenvalue weighted by atomic mass is 79.9. The van der Waals surface area contributed by atoms with Gasteiger partial charge in [-0.25, -0.2) is 9.78 Å². The second kappa shape index (κ2) is 14.6. The summed E-state index contributed by atoms with van der Waals surface area (Å²) in [4.78, 5) is 32.8. The largest absolute Gasteiger partial charge is 0.496 e. The first-order valence-electron chi connectivity index (χ1n) is 12.3. The molecule has 232 valence electrons. The number of aromatic carboxylic acids is 1. The molecule has 0 bridgehead atoms. The zero-order valence-electron chi connectivity index (χ0n) is 23.0. The van der Waals surface area contributed by atoms with Gasteiger partial charge in [-0.1, -0.05) is 0 Å². The van der Waals surface area contributed by atoms with Crippen LogP contribution in [0.1, 0.15) is 26.3 Å². The summed E-state index contributed by atoms with van der Waals surface area (Å²) < 4.78 is 55.6. The third-order valence-corrected chi connectivity index (χ3v) is 7.29. The van der Waals surface area contributed by atoms with Gasteiger partial charge in [-0.3, -0.25) is 4.79 Å². The molecule has 12 nitrogen and oxygen atoms in total. The number of halogens is 5. The van der Waals surface area contributed by atoms with Crippen LogP contribution in [-0.2, 0) is 10.9 Å². The molecule has 0 aliphatic carbocycles. The van der Waals surface area contributed by atoms with Gasteiger partial charge in [-0.2, -0.15) is 18.2 Å². The maximum Gasteiger partial charge on any atom is 0.421 e. The molecule has 0 unspecified atom stereocenters. The van der Waals surface area contributed by atoms with Crippen LogP contribution in [0.4, 0.5) is 36.3 Å². The van der Waals surface area contributed by atoms with Crippen molar-refractivity contribution in [2.24, 2.45) is 0 Å². The number of morpholine rings is 1. The van der Waals surface area contributed by atoms with Crippen LogP contribution in [0.2, 0.25) is 0 Å². The van der Waals surface area contributed by atoms with Crippen LogP contribution < -0.4 is 25.8 Å². The average Bonchev–Trinajstić information content (AvgIpc) is 2.98. The van der Waals surface area contributed by atoms with Crippen LogP contribution in [0.25, 0.3) is 0 Å². The summed E-state index contributed by atoms with van der Waals surface area (Å²) in [7, 11) is 4.16. The standard InChI is InChI=1S/C18H19BrF3N5O3.C8H8BrNO3/c1-23-15-11(18(20,21)22)9-24-17(26-15)25-13-8-14(29-2)10(7-12(13)19)16(28)27-3-5-30-6-4-27;1-13-7-3-6(10)5(9)2-4(7)8(11)12/h7-9H,3-6H2,1-2H3,(H2,23,24,25,26);2-3H,10H2,1H3,(H,11,12). The number of methoxy groups -OCH3 is 2. The number of hydrogen-bond acceptors (Lipinski definition) is 10. The predicted molar refractivity (Wildman–Crippen MR) is 159 cm³/mol. The van der Waals surface area contributed by atoms with Gasteiger partial charge >= 0.3 is 12.1 Å². The minimum Gasteiger partial charge on any atom is -0.496 e. The summed E-state index contributed by atoms with van der Waals surface area (Å²) >= 11 is 6.51. The Labute approximate surface area is 261 Å². The van der Waals surface area contributed by atoms with E-state index in [0.29, 0.717) is 64.1 Å². The predicted octanol–water partition coefficient (Wildman–Crippen LogP) is 5.26. The third kappa shape index (κ3) is 8.39. The van der Waals surface area contributed by atoms with Gasteiger partial charge in [-0.05, 0) is 44.0 Å². The molecule has 2 heterocycles. The third-order valence-electron chi connectivity index (χ3n) is 5.94. The van der Waals surface area contributed by atoms with E-state index < -0.39 is 17.7 Å². The van der Waals surface area contributed by atoms with Crippen molar-refractivity contribution in [3.63, 3.8) is 0 Å². The first-order valence-corrected chi connectivity index (χ1v) is 13.9. The molecule has 0 radical (unpaired) electrons. The minimum atomic E-state index is -4.58. The van der Waals surface area contributed by atoms with Crippen LogP contribution in [0.3, 0.4) is 0 Å². The minimum absolute atomic E-state index is 0.0534. The van der Waals surface area contributed by atoms with Gasteiger partial charge < -0.3 is 40.6 Å². The van der Waals surface area contributed by atoms with Crippen molar-refractivity contribution >= 4 is 66.9 Å². The van der Waals surface area contributed by atoms with E-state index in [1.165, 1.54) is 33.4 Å². The number of rotatable bonds is 7. The van der Waals surface area contributed by atoms with Gasteiger partial charge in [0.15, 0.2) is 0 Å². The van der Waals surface area contributed by atoms with Crippen LogP contribution in [-0.4, -0.2) is 79.4 Å². The molecule has 0 saturated carbocycles. The molecular weight excluding hydrogens is 709 g/mol. The molecule has 4 rings (SSSR count). The summed E-state index contributed by atoms with van der Waals surface area (Å²) in [5.74, 6) is -1.10. The lowest BCUT2D eigenvalue weighted by Crippen LogP contribution is -2.40. The summed E-state index contributed by atoms with van der Waals surface area (Å²) in [6.45, 7) is 1.89. The van der Waals surface area contributed by atoms with E-state index in [-0.39, 0.29) is 29.0 Å². The number of nitrogens with one attached hydrogen (secondary N) is 2. The zero-order chi connectivity index (χ0) is 31.9. The van der Waals surface area contributed by atoms with Crippen LogP contribution in [0, 0.1) is 0 Å². The Balaban J connectivity index is 0.000000326. The normalized spacial score (nSPS) is 13.0. The van der Waals surface area contributed by atoms with Crippen molar-refractivity contribution in [1.29, 1.82) is 0 Å². The van der Waals surface area contributed by atoms with Crippen LogP contribution in [0.5, 0.6) is 11.5 Å². The number of carboxylic acids is 1. The number of benzene rings is 2. The fraction of sp³-hybridized carbons (Fsp3) is 0.308. The molecule has 0 spiro atoms. The highest BCUT2D eigenvalue weighted by Crippen LogP contribution is 2.36. The molecule has 17 heteroatoms. The molecule has 1 fully saturated rings. The molecule has 43 heavy (non-hydrogen) atoms. The van der Waals surface area contributed by atoms with Crippen molar-refractivity contribution in [3.8, 4) is 11.5 Å². The number of aromatic nitrogens is 2. The number of anilines is 4. The number of hydrogen-bond donors (Lipinski definition) is 4. The molecule has 1 saturated heterocycles. The number of amides is 1. The Kier molecular flexibility index (Phi) is 11.4. The van der Waals surface area contributed by atoms with Crippen molar-refractivity contribution in [3.05, 3.63) is 56.1 Å². The molecule has 0 atom stereocenters. The number of carbonyl (C=O) groups is 2. The highest BCUT2D eigenvalue weighted by molar-refractivity contribution is 9.11. The van der Waals surface area contributed by atoms with Crippen molar-refractivity contribution in [1.82, 2.24) is 14.9 Å². The van der Waals surface area contributed by atoms with Crippen molar-refractivity contribution in [2.75, 3.05) is 63.9 Å². The van der Waals surface area contributed by atoms with E-state index in [4.69, 9.17) is 25.1 Å². The first kappa shape index (κ1) is 33.7. The number of nitrogen functional groups attached to an aromatic ring is 1. The average molecular weight is 736 g/mol. The van der Waals surface area contributed by atoms with E-state index in [1.807, 2.05) is 0 Å². The van der Waals surface area contributed by atoms with E-state index in [2.05, 4.69) is 52.5 Å². The lowest BCUT2D eigenvalue weighted by Gasteiger charge is -2.27. The molecule has 1 aromatic heterocycles. The molecular formula is C26H27Br2F3N6O6. The maximum absolute atomic E-state index is 13.0. The lowest BCUT2D eigenvalue weighted by molar-refractivity contribution is -0.137. The quantitative estimate of drug-likeness (QED) is 0.234. The van der Waals surface area contributed by atoms with Gasteiger partial charge in [0.1, 0.15) is 28.4 Å². The second-order valence-electron chi connectivity index (χ2n) is 8.64. The Morgan fingerprint density at radius 3 is 2.21 bits per heavy atom. The molecule has 3 aromatic rings. The number of ether oxygens (including phenoxy) is 3. The van der Waals surface area contributed by atoms with E-state index in [9.17, 15) is 22.8 Å². The molecule has 5 N–H and O–H groups in total. The summed E-state index contributed by atoms with van der Waals surface area (Å²) in [6, 6.07) is 6.02. The van der Waals surface area contributed by atoms with Crippen molar-refractivity contribution < 1.29 is 42.1 Å². The summed E-state index contributed by atoms with van der Waals surface area (Å²) in [5, 5.41) is 14.0. The summed E-state index contributed by atoms with van der Waals surface area (Å²) in [6.07, 6.45) is -3.88. The molecule has 1 amide bonds. The Bertz CT molecular complexity index is 1490. The maximum atomic E-state index is 13.0. The topological polar surface area (TPSA) is 161 Å². The molecule has 1 aliphatic heterocycles. The van der Waals surface area contributed by atoms with Crippen LogP contribution >= 0.6 is 31.9 Å². The van der Waals surface area contributed by atoms with Crippen molar-refractivity contribution in [2.45, 2.75) is 6.18 Å². The van der Waals surface area contributed by atoms with Gasteiger partial charge in [0.2, 0.25) is 5.95 Å². The van der Waals surface area contributed by atoms with Gasteiger partial charge in [0.05, 0.1) is 38.7 Å². The zero-order valence-corrected chi connectivity index (χ0v) is 26.2. The number of alkyl halides is 3. The fourth-order valence-corrected chi connectivity index (χ4v) is 4.57. The second-order valence-corrected chi connectivity index (χ2v) is 10.4. The van der Waals surface area contributed by atoms with Gasteiger partial charge in [0, 0.05) is 53.1 Å². The number of carboxylic acid groups (broad SMARTS) is 1. The monoisotopic (exact) mass is 734 g/mol.